The van der Waals surface area contributed by atoms with E-state index in [2.05, 4.69) is 9.80 Å². The third-order valence-corrected chi connectivity index (χ3v) is 3.88. The van der Waals surface area contributed by atoms with Gasteiger partial charge in [0.05, 0.1) is 0 Å². The first-order valence-corrected chi connectivity index (χ1v) is 7.80. The first-order valence-electron chi connectivity index (χ1n) is 7.42. The van der Waals surface area contributed by atoms with E-state index >= 15 is 0 Å². The average molecular weight is 325 g/mol. The van der Waals surface area contributed by atoms with Gasteiger partial charge in [0.15, 0.2) is 0 Å². The zero-order chi connectivity index (χ0) is 15.9. The van der Waals surface area contributed by atoms with Crippen LogP contribution in [0.1, 0.15) is 13.3 Å². The summed E-state index contributed by atoms with van der Waals surface area (Å²) in [5.41, 5.74) is 1.18. The van der Waals surface area contributed by atoms with Gasteiger partial charge < -0.3 is 9.64 Å². The number of nitrogens with zero attached hydrogens (tertiary/aromatic N) is 2. The third kappa shape index (κ3) is 5.31. The molecule has 5 nitrogen and oxygen atoms in total. The summed E-state index contributed by atoms with van der Waals surface area (Å²) in [7, 11) is 0. The average Bonchev–Trinajstić information content (AvgIpc) is 2.48. The summed E-state index contributed by atoms with van der Waals surface area (Å²) in [5, 5.41) is 0.745. The second kappa shape index (κ2) is 8.15. The summed E-state index contributed by atoms with van der Waals surface area (Å²) in [5.74, 6) is -0.603. The van der Waals surface area contributed by atoms with Gasteiger partial charge in [0.2, 0.25) is 0 Å². The number of piperazine rings is 1. The Balaban J connectivity index is 1.68. The largest absolute Gasteiger partial charge is 0.464 e. The third-order valence-electron chi connectivity index (χ3n) is 3.63. The molecule has 0 saturated carbocycles. The molecule has 0 unspecified atom stereocenters. The molecule has 1 aromatic carbocycles. The topological polar surface area (TPSA) is 49.9 Å². The molecule has 1 heterocycles. The van der Waals surface area contributed by atoms with Crippen LogP contribution >= 0.6 is 11.6 Å². The van der Waals surface area contributed by atoms with Crippen LogP contribution in [-0.2, 0) is 14.3 Å². The number of ketones is 1. The molecule has 0 atom stereocenters. The summed E-state index contributed by atoms with van der Waals surface area (Å²) >= 11 is 5.90. The molecule has 6 heteroatoms. The number of anilines is 1. The van der Waals surface area contributed by atoms with Gasteiger partial charge in [-0.25, -0.2) is 0 Å². The van der Waals surface area contributed by atoms with E-state index in [1.165, 1.54) is 12.6 Å². The first kappa shape index (κ1) is 16.8. The van der Waals surface area contributed by atoms with Crippen LogP contribution in [-0.4, -0.2) is 56.0 Å². The van der Waals surface area contributed by atoms with Crippen molar-refractivity contribution in [2.24, 2.45) is 0 Å². The minimum absolute atomic E-state index is 0.135. The van der Waals surface area contributed by atoms with Gasteiger partial charge in [-0.15, -0.1) is 0 Å². The highest BCUT2D eigenvalue weighted by Crippen LogP contribution is 2.19. The molecule has 22 heavy (non-hydrogen) atoms. The predicted octanol–water partition coefficient (Wildman–Crippen LogP) is 1.98. The molecule has 0 amide bonds. The molecule has 0 aromatic heterocycles. The molecule has 2 rings (SSSR count). The molecule has 1 aliphatic heterocycles. The van der Waals surface area contributed by atoms with Crippen LogP contribution in [0.25, 0.3) is 0 Å². The van der Waals surface area contributed by atoms with Crippen LogP contribution in [0.5, 0.6) is 0 Å². The molecular formula is C16H21ClN2O3. The number of carbonyl (C=O) groups is 2. The number of hydrogen-bond acceptors (Lipinski definition) is 5. The minimum atomic E-state index is -0.438. The van der Waals surface area contributed by atoms with Crippen molar-refractivity contribution in [3.63, 3.8) is 0 Å². The molecule has 0 N–H and O–H groups in total. The van der Waals surface area contributed by atoms with Crippen LogP contribution in [0, 0.1) is 0 Å². The highest BCUT2D eigenvalue weighted by atomic mass is 35.5. The van der Waals surface area contributed by atoms with Crippen molar-refractivity contribution < 1.29 is 14.3 Å². The molecule has 0 spiro atoms. The molecule has 1 saturated heterocycles. The Hall–Kier alpha value is -1.59. The zero-order valence-electron chi connectivity index (χ0n) is 12.8. The number of halogens is 1. The lowest BCUT2D eigenvalue weighted by molar-refractivity contribution is -0.146. The van der Waals surface area contributed by atoms with E-state index in [1.54, 1.807) is 0 Å². The number of esters is 1. The number of rotatable bonds is 6. The Morgan fingerprint density at radius 3 is 2.36 bits per heavy atom. The van der Waals surface area contributed by atoms with Crippen molar-refractivity contribution in [1.29, 1.82) is 0 Å². The monoisotopic (exact) mass is 324 g/mol. The fraction of sp³-hybridized carbons (Fsp3) is 0.500. The summed E-state index contributed by atoms with van der Waals surface area (Å²) < 4.78 is 5.05. The van der Waals surface area contributed by atoms with Crippen molar-refractivity contribution in [3.8, 4) is 0 Å². The second-order valence-electron chi connectivity index (χ2n) is 5.40. The molecule has 120 valence electrons. The Kier molecular flexibility index (Phi) is 6.21. The van der Waals surface area contributed by atoms with Gasteiger partial charge in [-0.1, -0.05) is 11.6 Å². The fourth-order valence-electron chi connectivity index (χ4n) is 2.42. The molecule has 1 aliphatic rings. The molecule has 0 radical (unpaired) electrons. The molecular weight excluding hydrogens is 304 g/mol. The van der Waals surface area contributed by atoms with Gasteiger partial charge in [0.1, 0.15) is 18.8 Å². The zero-order valence-corrected chi connectivity index (χ0v) is 13.5. The predicted molar refractivity (Wildman–Crippen MR) is 86.4 cm³/mol. The van der Waals surface area contributed by atoms with Crippen molar-refractivity contribution in [3.05, 3.63) is 29.3 Å². The van der Waals surface area contributed by atoms with E-state index in [1.807, 2.05) is 24.3 Å². The van der Waals surface area contributed by atoms with E-state index < -0.39 is 5.97 Å². The Morgan fingerprint density at radius 2 is 1.77 bits per heavy atom. The standard InChI is InChI=1S/C16H21ClN2O3/c1-13(20)12-16(21)22-11-10-18-6-8-19(9-7-18)15-4-2-14(17)3-5-15/h2-5H,6-12H2,1H3. The number of benzene rings is 1. The summed E-state index contributed by atoms with van der Waals surface area (Å²) in [4.78, 5) is 26.6. The van der Waals surface area contributed by atoms with Crippen LogP contribution in [0.4, 0.5) is 5.69 Å². The van der Waals surface area contributed by atoms with Crippen LogP contribution in [0.15, 0.2) is 24.3 Å². The second-order valence-corrected chi connectivity index (χ2v) is 5.84. The quantitative estimate of drug-likeness (QED) is 0.591. The van der Waals surface area contributed by atoms with Crippen molar-refractivity contribution in [1.82, 2.24) is 4.90 Å². The Morgan fingerprint density at radius 1 is 1.14 bits per heavy atom. The fourth-order valence-corrected chi connectivity index (χ4v) is 2.55. The molecule has 1 aromatic rings. The maximum Gasteiger partial charge on any atom is 0.313 e. The number of carbonyl (C=O) groups excluding carboxylic acids is 2. The van der Waals surface area contributed by atoms with Crippen LogP contribution in [0.2, 0.25) is 5.02 Å². The van der Waals surface area contributed by atoms with Gasteiger partial charge in [0, 0.05) is 43.4 Å². The van der Waals surface area contributed by atoms with Gasteiger partial charge in [0.25, 0.3) is 0 Å². The lowest BCUT2D eigenvalue weighted by atomic mass is 10.2. The lowest BCUT2D eigenvalue weighted by Crippen LogP contribution is -2.47. The maximum atomic E-state index is 11.3. The van der Waals surface area contributed by atoms with E-state index in [0.29, 0.717) is 13.2 Å². The minimum Gasteiger partial charge on any atom is -0.464 e. The number of Topliss-reactive ketones (excluding diaryl/α,β-unsaturated/α-hetero) is 1. The summed E-state index contributed by atoms with van der Waals surface area (Å²) in [6.07, 6.45) is -0.135. The number of ether oxygens (including phenoxy) is 1. The summed E-state index contributed by atoms with van der Waals surface area (Å²) in [6, 6.07) is 7.86. The van der Waals surface area contributed by atoms with Crippen LogP contribution in [0.3, 0.4) is 0 Å². The van der Waals surface area contributed by atoms with Gasteiger partial charge in [-0.3, -0.25) is 14.5 Å². The highest BCUT2D eigenvalue weighted by Gasteiger charge is 2.17. The number of hydrogen-bond donors (Lipinski definition) is 0. The molecule has 0 bridgehead atoms. The molecule has 0 aliphatic carbocycles. The SMILES string of the molecule is CC(=O)CC(=O)OCCN1CCN(c2ccc(Cl)cc2)CC1. The van der Waals surface area contributed by atoms with E-state index in [4.69, 9.17) is 16.3 Å². The summed E-state index contributed by atoms with van der Waals surface area (Å²) in [6.45, 7) is 6.15. The van der Waals surface area contributed by atoms with Gasteiger partial charge in [-0.05, 0) is 31.2 Å². The smallest absolute Gasteiger partial charge is 0.313 e. The van der Waals surface area contributed by atoms with Crippen molar-refractivity contribution in [2.75, 3.05) is 44.2 Å². The van der Waals surface area contributed by atoms with Crippen LogP contribution < -0.4 is 4.90 Å². The van der Waals surface area contributed by atoms with E-state index in [9.17, 15) is 9.59 Å². The lowest BCUT2D eigenvalue weighted by Gasteiger charge is -2.36. The Labute approximate surface area is 135 Å². The van der Waals surface area contributed by atoms with Crippen molar-refractivity contribution >= 4 is 29.0 Å². The van der Waals surface area contributed by atoms with Crippen molar-refractivity contribution in [2.45, 2.75) is 13.3 Å². The van der Waals surface area contributed by atoms with Gasteiger partial charge in [-0.2, -0.15) is 0 Å². The Bertz CT molecular complexity index is 511. The highest BCUT2D eigenvalue weighted by molar-refractivity contribution is 6.30. The first-order chi connectivity index (χ1) is 10.5. The van der Waals surface area contributed by atoms with E-state index in [-0.39, 0.29) is 12.2 Å². The van der Waals surface area contributed by atoms with E-state index in [0.717, 1.165) is 31.2 Å². The normalized spacial score (nSPS) is 15.6. The maximum absolute atomic E-state index is 11.3. The van der Waals surface area contributed by atoms with Gasteiger partial charge >= 0.3 is 5.97 Å². The molecule has 1 fully saturated rings.